The smallest absolute Gasteiger partial charge is 0.274 e. The Balaban J connectivity index is 1.49. The van der Waals surface area contributed by atoms with Gasteiger partial charge in [0.15, 0.2) is 0 Å². The molecule has 0 saturated heterocycles. The minimum atomic E-state index is -0.0926. The van der Waals surface area contributed by atoms with Crippen LogP contribution < -0.4 is 0 Å². The summed E-state index contributed by atoms with van der Waals surface area (Å²) in [5.41, 5.74) is 1.42. The highest BCUT2D eigenvalue weighted by atomic mass is 16.5. The standard InChI is InChI=1S/C17H21N5O2/c23-17(16-7-18-5-6-19-16)21-8-14(12-24-11-13-1-2-13)9-22-15(10-21)3-4-20-22/h3-7,13-14H,1-2,8-12H2/t14-/m1/s1. The van der Waals surface area contributed by atoms with Crippen LogP contribution in [0.15, 0.2) is 30.9 Å². The Hall–Kier alpha value is -2.28. The highest BCUT2D eigenvalue weighted by Crippen LogP contribution is 2.29. The van der Waals surface area contributed by atoms with E-state index < -0.39 is 0 Å². The molecule has 1 saturated carbocycles. The number of rotatable bonds is 5. The van der Waals surface area contributed by atoms with Gasteiger partial charge in [-0.05, 0) is 24.8 Å². The van der Waals surface area contributed by atoms with Crippen molar-refractivity contribution < 1.29 is 9.53 Å². The van der Waals surface area contributed by atoms with E-state index in [1.54, 1.807) is 18.6 Å². The number of hydrogen-bond acceptors (Lipinski definition) is 5. The van der Waals surface area contributed by atoms with Crippen molar-refractivity contribution in [2.24, 2.45) is 11.8 Å². The van der Waals surface area contributed by atoms with Crippen LogP contribution in [0.3, 0.4) is 0 Å². The van der Waals surface area contributed by atoms with Gasteiger partial charge in [0.1, 0.15) is 5.69 Å². The lowest BCUT2D eigenvalue weighted by atomic mass is 10.1. The molecule has 0 bridgehead atoms. The van der Waals surface area contributed by atoms with Crippen molar-refractivity contribution in [3.63, 3.8) is 0 Å². The lowest BCUT2D eigenvalue weighted by molar-refractivity contribution is 0.0564. The Morgan fingerprint density at radius 1 is 1.17 bits per heavy atom. The molecule has 1 aliphatic heterocycles. The fraction of sp³-hybridized carbons (Fsp3) is 0.529. The van der Waals surface area contributed by atoms with E-state index in [-0.39, 0.29) is 11.8 Å². The van der Waals surface area contributed by atoms with Gasteiger partial charge in [0.25, 0.3) is 5.91 Å². The molecule has 0 radical (unpaired) electrons. The van der Waals surface area contributed by atoms with Crippen molar-refractivity contribution in [3.05, 3.63) is 42.2 Å². The van der Waals surface area contributed by atoms with Gasteiger partial charge >= 0.3 is 0 Å². The number of carbonyl (C=O) groups excluding carboxylic acids is 1. The highest BCUT2D eigenvalue weighted by molar-refractivity contribution is 5.91. The normalized spacial score (nSPS) is 20.5. The summed E-state index contributed by atoms with van der Waals surface area (Å²) in [6, 6.07) is 1.96. The van der Waals surface area contributed by atoms with E-state index in [1.807, 2.05) is 15.6 Å². The first kappa shape index (κ1) is 15.3. The third-order valence-electron chi connectivity index (χ3n) is 4.54. The zero-order chi connectivity index (χ0) is 16.4. The molecule has 2 aromatic heterocycles. The Morgan fingerprint density at radius 2 is 2.04 bits per heavy atom. The van der Waals surface area contributed by atoms with Gasteiger partial charge in [-0.25, -0.2) is 4.98 Å². The second kappa shape index (κ2) is 6.68. The van der Waals surface area contributed by atoms with Crippen LogP contribution in [-0.4, -0.2) is 50.3 Å². The summed E-state index contributed by atoms with van der Waals surface area (Å²) in [5, 5.41) is 4.38. The number of ether oxygens (including phenoxy) is 1. The van der Waals surface area contributed by atoms with Gasteiger partial charge in [-0.15, -0.1) is 0 Å². The summed E-state index contributed by atoms with van der Waals surface area (Å²) in [5.74, 6) is 0.879. The Bertz CT molecular complexity index is 698. The van der Waals surface area contributed by atoms with Crippen molar-refractivity contribution >= 4 is 5.91 Å². The van der Waals surface area contributed by atoms with E-state index in [4.69, 9.17) is 4.74 Å². The van der Waals surface area contributed by atoms with E-state index in [0.29, 0.717) is 25.4 Å². The first-order chi connectivity index (χ1) is 11.8. The summed E-state index contributed by atoms with van der Waals surface area (Å²) < 4.78 is 7.85. The summed E-state index contributed by atoms with van der Waals surface area (Å²) in [4.78, 5) is 22.7. The Kier molecular flexibility index (Phi) is 4.25. The zero-order valence-corrected chi connectivity index (χ0v) is 13.5. The van der Waals surface area contributed by atoms with Crippen molar-refractivity contribution in [1.29, 1.82) is 0 Å². The molecular weight excluding hydrogens is 306 g/mol. The van der Waals surface area contributed by atoms with E-state index in [0.717, 1.165) is 24.8 Å². The third kappa shape index (κ3) is 3.46. The average molecular weight is 327 g/mol. The zero-order valence-electron chi connectivity index (χ0n) is 13.5. The molecule has 7 nitrogen and oxygen atoms in total. The first-order valence-electron chi connectivity index (χ1n) is 8.43. The minimum absolute atomic E-state index is 0.0926. The van der Waals surface area contributed by atoms with Crippen molar-refractivity contribution in [2.75, 3.05) is 19.8 Å². The number of carbonyl (C=O) groups is 1. The number of aromatic nitrogens is 4. The molecule has 0 N–H and O–H groups in total. The lowest BCUT2D eigenvalue weighted by Gasteiger charge is -2.23. The second-order valence-electron chi connectivity index (χ2n) is 6.63. The molecule has 1 atom stereocenters. The van der Waals surface area contributed by atoms with E-state index in [9.17, 15) is 4.79 Å². The SMILES string of the molecule is O=C(c1cnccn1)N1Cc2ccnn2C[C@H](COCC2CC2)C1. The quantitative estimate of drug-likeness (QED) is 0.829. The lowest BCUT2D eigenvalue weighted by Crippen LogP contribution is -2.36. The first-order valence-corrected chi connectivity index (χ1v) is 8.43. The molecule has 0 spiro atoms. The molecule has 0 aromatic carbocycles. The van der Waals surface area contributed by atoms with E-state index in [1.165, 1.54) is 19.0 Å². The van der Waals surface area contributed by atoms with Gasteiger partial charge in [-0.3, -0.25) is 14.5 Å². The largest absolute Gasteiger partial charge is 0.381 e. The van der Waals surface area contributed by atoms with Gasteiger partial charge in [-0.1, -0.05) is 0 Å². The molecule has 7 heteroatoms. The Labute approximate surface area is 140 Å². The monoisotopic (exact) mass is 327 g/mol. The van der Waals surface area contributed by atoms with Crippen LogP contribution in [0.5, 0.6) is 0 Å². The van der Waals surface area contributed by atoms with Crippen molar-refractivity contribution in [3.8, 4) is 0 Å². The second-order valence-corrected chi connectivity index (χ2v) is 6.63. The molecule has 2 aromatic rings. The molecule has 24 heavy (non-hydrogen) atoms. The van der Waals surface area contributed by atoms with Crippen LogP contribution in [0, 0.1) is 11.8 Å². The van der Waals surface area contributed by atoms with Crippen LogP contribution in [0.25, 0.3) is 0 Å². The summed E-state index contributed by atoms with van der Waals surface area (Å²) in [6.07, 6.45) is 8.99. The number of hydrogen-bond donors (Lipinski definition) is 0. The van der Waals surface area contributed by atoms with E-state index >= 15 is 0 Å². The van der Waals surface area contributed by atoms with Crippen molar-refractivity contribution in [2.45, 2.75) is 25.9 Å². The number of nitrogens with zero attached hydrogens (tertiary/aromatic N) is 5. The minimum Gasteiger partial charge on any atom is -0.381 e. The molecule has 1 aliphatic carbocycles. The molecular formula is C17H21N5O2. The van der Waals surface area contributed by atoms with Crippen LogP contribution >= 0.6 is 0 Å². The summed E-state index contributed by atoms with van der Waals surface area (Å²) in [6.45, 7) is 3.44. The third-order valence-corrected chi connectivity index (χ3v) is 4.54. The molecule has 3 heterocycles. The molecule has 1 amide bonds. The summed E-state index contributed by atoms with van der Waals surface area (Å²) in [7, 11) is 0. The van der Waals surface area contributed by atoms with Gasteiger partial charge in [0.2, 0.25) is 0 Å². The maximum Gasteiger partial charge on any atom is 0.274 e. The Morgan fingerprint density at radius 3 is 2.83 bits per heavy atom. The molecule has 0 unspecified atom stereocenters. The molecule has 2 aliphatic rings. The van der Waals surface area contributed by atoms with Crippen LogP contribution in [-0.2, 0) is 17.8 Å². The molecule has 126 valence electrons. The van der Waals surface area contributed by atoms with E-state index in [2.05, 4.69) is 15.1 Å². The van der Waals surface area contributed by atoms with Crippen LogP contribution in [0.1, 0.15) is 29.0 Å². The predicted octanol–water partition coefficient (Wildman–Crippen LogP) is 1.37. The average Bonchev–Trinajstić information content (AvgIpc) is 3.37. The van der Waals surface area contributed by atoms with Gasteiger partial charge in [0, 0.05) is 44.2 Å². The molecule has 4 rings (SSSR count). The molecule has 1 fully saturated rings. The van der Waals surface area contributed by atoms with Crippen molar-refractivity contribution in [1.82, 2.24) is 24.6 Å². The number of amides is 1. The fourth-order valence-corrected chi connectivity index (χ4v) is 3.05. The fourth-order valence-electron chi connectivity index (χ4n) is 3.05. The summed E-state index contributed by atoms with van der Waals surface area (Å²) >= 11 is 0. The van der Waals surface area contributed by atoms with Crippen LogP contribution in [0.2, 0.25) is 0 Å². The number of fused-ring (bicyclic) bond motifs is 1. The predicted molar refractivity (Wildman–Crippen MR) is 86.0 cm³/mol. The van der Waals surface area contributed by atoms with Gasteiger partial charge in [0.05, 0.1) is 25.0 Å². The van der Waals surface area contributed by atoms with Gasteiger partial charge in [-0.2, -0.15) is 5.10 Å². The topological polar surface area (TPSA) is 73.1 Å². The van der Waals surface area contributed by atoms with Crippen LogP contribution in [0.4, 0.5) is 0 Å². The maximum atomic E-state index is 12.8. The highest BCUT2D eigenvalue weighted by Gasteiger charge is 2.28. The maximum absolute atomic E-state index is 12.8. The van der Waals surface area contributed by atoms with Gasteiger partial charge < -0.3 is 9.64 Å².